The van der Waals surface area contributed by atoms with Gasteiger partial charge in [-0.25, -0.2) is 4.39 Å². The molecule has 2 N–H and O–H groups in total. The first-order valence-corrected chi connectivity index (χ1v) is 6.23. The van der Waals surface area contributed by atoms with Gasteiger partial charge in [-0.3, -0.25) is 0 Å². The van der Waals surface area contributed by atoms with Gasteiger partial charge in [0.25, 0.3) is 0 Å². The second-order valence-corrected chi connectivity index (χ2v) is 5.02. The van der Waals surface area contributed by atoms with Gasteiger partial charge in [0.05, 0.1) is 10.6 Å². The molecule has 1 aromatic carbocycles. The molecule has 18 heavy (non-hydrogen) atoms. The van der Waals surface area contributed by atoms with E-state index < -0.39 is 5.82 Å². The molecule has 1 heterocycles. The average molecular weight is 267 g/mol. The molecule has 5 heteroatoms. The topological polar surface area (TPSA) is 52.0 Å². The SMILES string of the molecule is Nc1noc(CC2CC2)c1-c1cccc(Cl)c1F. The van der Waals surface area contributed by atoms with Crippen LogP contribution in [0.5, 0.6) is 0 Å². The standard InChI is InChI=1S/C13H12ClFN2O/c14-9-3-1-2-8(12(9)15)11-10(6-7-4-5-7)18-17-13(11)16/h1-3,7H,4-6H2,(H2,16,17). The molecule has 0 aliphatic heterocycles. The summed E-state index contributed by atoms with van der Waals surface area (Å²) in [4.78, 5) is 0. The Hall–Kier alpha value is -1.55. The van der Waals surface area contributed by atoms with E-state index in [1.807, 2.05) is 0 Å². The lowest BCUT2D eigenvalue weighted by molar-refractivity contribution is 0.381. The van der Waals surface area contributed by atoms with Crippen LogP contribution in [0.3, 0.4) is 0 Å². The summed E-state index contributed by atoms with van der Waals surface area (Å²) in [5.41, 5.74) is 6.68. The predicted octanol–water partition coefficient (Wildman–Crippen LogP) is 3.67. The lowest BCUT2D eigenvalue weighted by Gasteiger charge is -2.04. The Labute approximate surface area is 109 Å². The number of aromatic nitrogens is 1. The van der Waals surface area contributed by atoms with Gasteiger partial charge in [0, 0.05) is 12.0 Å². The first-order valence-electron chi connectivity index (χ1n) is 5.85. The van der Waals surface area contributed by atoms with Crippen LogP contribution in [0.1, 0.15) is 18.6 Å². The molecular weight excluding hydrogens is 255 g/mol. The van der Waals surface area contributed by atoms with Crippen LogP contribution in [0.15, 0.2) is 22.7 Å². The summed E-state index contributed by atoms with van der Waals surface area (Å²) >= 11 is 5.79. The molecule has 2 aromatic rings. The zero-order chi connectivity index (χ0) is 12.7. The van der Waals surface area contributed by atoms with Gasteiger partial charge in [-0.1, -0.05) is 28.9 Å². The number of anilines is 1. The molecule has 0 saturated heterocycles. The molecular formula is C13H12ClFN2O. The largest absolute Gasteiger partial charge is 0.380 e. The lowest BCUT2D eigenvalue weighted by atomic mass is 10.0. The Morgan fingerprint density at radius 1 is 1.44 bits per heavy atom. The Kier molecular flexibility index (Phi) is 2.74. The number of rotatable bonds is 3. The molecule has 0 bridgehead atoms. The number of benzene rings is 1. The minimum absolute atomic E-state index is 0.0745. The predicted molar refractivity (Wildman–Crippen MR) is 67.7 cm³/mol. The molecule has 1 fully saturated rings. The summed E-state index contributed by atoms with van der Waals surface area (Å²) in [6.45, 7) is 0. The van der Waals surface area contributed by atoms with Crippen LogP contribution >= 0.6 is 11.6 Å². The third-order valence-corrected chi connectivity index (χ3v) is 3.47. The number of nitrogens with two attached hydrogens (primary N) is 1. The number of halogens is 2. The zero-order valence-corrected chi connectivity index (χ0v) is 10.4. The van der Waals surface area contributed by atoms with Crippen LogP contribution in [0.25, 0.3) is 11.1 Å². The molecule has 0 amide bonds. The lowest BCUT2D eigenvalue weighted by Crippen LogP contribution is -1.94. The highest BCUT2D eigenvalue weighted by molar-refractivity contribution is 6.31. The molecule has 1 aliphatic rings. The highest BCUT2D eigenvalue weighted by Crippen LogP contribution is 2.39. The quantitative estimate of drug-likeness (QED) is 0.922. The van der Waals surface area contributed by atoms with Gasteiger partial charge in [0.2, 0.25) is 0 Å². The number of nitrogens with zero attached hydrogens (tertiary/aromatic N) is 1. The summed E-state index contributed by atoms with van der Waals surface area (Å²) in [6, 6.07) is 4.83. The van der Waals surface area contributed by atoms with Gasteiger partial charge >= 0.3 is 0 Å². The third kappa shape index (κ3) is 1.97. The van der Waals surface area contributed by atoms with Gasteiger partial charge in [0.15, 0.2) is 5.82 Å². The summed E-state index contributed by atoms with van der Waals surface area (Å²) in [5, 5.41) is 3.81. The van der Waals surface area contributed by atoms with E-state index in [-0.39, 0.29) is 10.8 Å². The van der Waals surface area contributed by atoms with Crippen molar-refractivity contribution >= 4 is 17.4 Å². The summed E-state index contributed by atoms with van der Waals surface area (Å²) in [5.74, 6) is 0.993. The van der Waals surface area contributed by atoms with Gasteiger partial charge in [-0.15, -0.1) is 0 Å². The molecule has 1 saturated carbocycles. The van der Waals surface area contributed by atoms with E-state index in [9.17, 15) is 4.39 Å². The maximum Gasteiger partial charge on any atom is 0.175 e. The van der Waals surface area contributed by atoms with Crippen molar-refractivity contribution in [3.8, 4) is 11.1 Å². The van der Waals surface area contributed by atoms with Crippen molar-refractivity contribution < 1.29 is 8.91 Å². The maximum atomic E-state index is 14.0. The molecule has 3 nitrogen and oxygen atoms in total. The molecule has 0 radical (unpaired) electrons. The van der Waals surface area contributed by atoms with Crippen molar-refractivity contribution in [3.63, 3.8) is 0 Å². The summed E-state index contributed by atoms with van der Waals surface area (Å²) in [6.07, 6.45) is 3.11. The Morgan fingerprint density at radius 3 is 2.94 bits per heavy atom. The smallest absolute Gasteiger partial charge is 0.175 e. The van der Waals surface area contributed by atoms with E-state index in [1.165, 1.54) is 18.9 Å². The van der Waals surface area contributed by atoms with E-state index in [4.69, 9.17) is 21.9 Å². The van der Waals surface area contributed by atoms with Gasteiger partial charge in [0.1, 0.15) is 11.6 Å². The van der Waals surface area contributed by atoms with Crippen LogP contribution < -0.4 is 5.73 Å². The van der Waals surface area contributed by atoms with Crippen LogP contribution in [-0.4, -0.2) is 5.16 Å². The van der Waals surface area contributed by atoms with Crippen molar-refractivity contribution in [2.45, 2.75) is 19.3 Å². The Morgan fingerprint density at radius 2 is 2.22 bits per heavy atom. The first kappa shape index (κ1) is 11.5. The van der Waals surface area contributed by atoms with E-state index in [2.05, 4.69) is 5.16 Å². The van der Waals surface area contributed by atoms with Gasteiger partial charge < -0.3 is 10.3 Å². The minimum atomic E-state index is -0.480. The van der Waals surface area contributed by atoms with Crippen LogP contribution in [0.4, 0.5) is 10.2 Å². The number of nitrogen functional groups attached to an aromatic ring is 1. The highest BCUT2D eigenvalue weighted by atomic mass is 35.5. The maximum absolute atomic E-state index is 14.0. The molecule has 0 unspecified atom stereocenters. The molecule has 3 rings (SSSR count). The Bertz CT molecular complexity index is 593. The van der Waals surface area contributed by atoms with Crippen LogP contribution in [0, 0.1) is 11.7 Å². The van der Waals surface area contributed by atoms with E-state index in [0.717, 1.165) is 6.42 Å². The van der Waals surface area contributed by atoms with Crippen molar-refractivity contribution in [2.24, 2.45) is 5.92 Å². The summed E-state index contributed by atoms with van der Waals surface area (Å²) < 4.78 is 19.2. The van der Waals surface area contributed by atoms with Crippen LogP contribution in [-0.2, 0) is 6.42 Å². The van der Waals surface area contributed by atoms with E-state index >= 15 is 0 Å². The summed E-state index contributed by atoms with van der Waals surface area (Å²) in [7, 11) is 0. The van der Waals surface area contributed by atoms with Crippen LogP contribution in [0.2, 0.25) is 5.02 Å². The molecule has 0 atom stereocenters. The van der Waals surface area contributed by atoms with Crippen molar-refractivity contribution in [3.05, 3.63) is 34.8 Å². The van der Waals surface area contributed by atoms with E-state index in [1.54, 1.807) is 12.1 Å². The fourth-order valence-electron chi connectivity index (χ4n) is 2.05. The Balaban J connectivity index is 2.09. The minimum Gasteiger partial charge on any atom is -0.380 e. The first-order chi connectivity index (χ1) is 8.66. The third-order valence-electron chi connectivity index (χ3n) is 3.18. The number of hydrogen-bond donors (Lipinski definition) is 1. The van der Waals surface area contributed by atoms with Gasteiger partial charge in [-0.2, -0.15) is 0 Å². The fourth-order valence-corrected chi connectivity index (χ4v) is 2.22. The monoisotopic (exact) mass is 266 g/mol. The molecule has 0 spiro atoms. The van der Waals surface area contributed by atoms with Gasteiger partial charge in [-0.05, 0) is 24.8 Å². The van der Waals surface area contributed by atoms with Crippen molar-refractivity contribution in [1.82, 2.24) is 5.16 Å². The normalized spacial score (nSPS) is 15.0. The highest BCUT2D eigenvalue weighted by Gasteiger charge is 2.27. The second kappa shape index (κ2) is 4.28. The molecule has 1 aromatic heterocycles. The van der Waals surface area contributed by atoms with E-state index in [0.29, 0.717) is 22.8 Å². The fraction of sp³-hybridized carbons (Fsp3) is 0.308. The molecule has 1 aliphatic carbocycles. The van der Waals surface area contributed by atoms with Crippen molar-refractivity contribution in [2.75, 3.05) is 5.73 Å². The molecule has 94 valence electrons. The second-order valence-electron chi connectivity index (χ2n) is 4.61. The van der Waals surface area contributed by atoms with Crippen molar-refractivity contribution in [1.29, 1.82) is 0 Å². The zero-order valence-electron chi connectivity index (χ0n) is 9.62. The number of hydrogen-bond acceptors (Lipinski definition) is 3. The average Bonchev–Trinajstić information content (AvgIpc) is 3.08.